The maximum absolute atomic E-state index is 4.71. The molecule has 2 fully saturated rings. The van der Waals surface area contributed by atoms with Crippen LogP contribution in [-0.2, 0) is 6.42 Å². The molecule has 3 aromatic heterocycles. The fourth-order valence-corrected chi connectivity index (χ4v) is 4.79. The van der Waals surface area contributed by atoms with Crippen LogP contribution < -0.4 is 15.5 Å². The minimum Gasteiger partial charge on any atom is -0.369 e. The topological polar surface area (TPSA) is 95.0 Å². The van der Waals surface area contributed by atoms with E-state index in [0.29, 0.717) is 23.9 Å². The highest BCUT2D eigenvalue weighted by atomic mass is 15.3. The van der Waals surface area contributed by atoms with Crippen molar-refractivity contribution in [2.75, 3.05) is 49.5 Å². The molecule has 0 amide bonds. The highest BCUT2D eigenvalue weighted by molar-refractivity contribution is 5.56. The number of pyridine rings is 1. The van der Waals surface area contributed by atoms with Crippen LogP contribution in [0.15, 0.2) is 67.0 Å². The Morgan fingerprint density at radius 3 is 2.32 bits per heavy atom. The van der Waals surface area contributed by atoms with Crippen LogP contribution in [0, 0.1) is 6.92 Å². The van der Waals surface area contributed by atoms with E-state index >= 15 is 0 Å². The van der Waals surface area contributed by atoms with Crippen LogP contribution >= 0.6 is 0 Å². The molecule has 37 heavy (non-hydrogen) atoms. The van der Waals surface area contributed by atoms with Crippen molar-refractivity contribution in [2.45, 2.75) is 19.4 Å². The standard InChI is InChI=1S/C28H31N9/c1-20-3-2-4-24(32-20)28-31-12-10-26(35-28)33-25-9-11-30-27(34-25)17-21-5-7-22(8-6-21)36-13-15-37(16-14-36)23-18-29-19-23/h2-12,23,29H,13-19H2,1H3,(H,30,31,33,34,35). The van der Waals surface area contributed by atoms with Gasteiger partial charge in [-0.25, -0.2) is 24.9 Å². The molecule has 0 bridgehead atoms. The molecule has 0 atom stereocenters. The summed E-state index contributed by atoms with van der Waals surface area (Å²) in [5, 5.41) is 6.66. The zero-order valence-corrected chi connectivity index (χ0v) is 21.0. The van der Waals surface area contributed by atoms with Gasteiger partial charge in [-0.2, -0.15) is 0 Å². The van der Waals surface area contributed by atoms with Crippen molar-refractivity contribution in [3.8, 4) is 11.5 Å². The lowest BCUT2D eigenvalue weighted by atomic mass is 10.1. The maximum Gasteiger partial charge on any atom is 0.180 e. The second-order valence-corrected chi connectivity index (χ2v) is 9.59. The van der Waals surface area contributed by atoms with Crippen LogP contribution in [0.2, 0.25) is 0 Å². The molecule has 2 N–H and O–H groups in total. The molecule has 0 saturated carbocycles. The van der Waals surface area contributed by atoms with Gasteiger partial charge in [-0.15, -0.1) is 0 Å². The third-order valence-electron chi connectivity index (χ3n) is 6.99. The third-order valence-corrected chi connectivity index (χ3v) is 6.99. The Labute approximate surface area is 217 Å². The van der Waals surface area contributed by atoms with Crippen LogP contribution in [0.4, 0.5) is 17.3 Å². The Balaban J connectivity index is 1.08. The lowest BCUT2D eigenvalue weighted by Gasteiger charge is -2.43. The summed E-state index contributed by atoms with van der Waals surface area (Å²) in [6.07, 6.45) is 4.17. The highest BCUT2D eigenvalue weighted by Gasteiger charge is 2.27. The molecular formula is C28H31N9. The molecule has 2 aliphatic heterocycles. The summed E-state index contributed by atoms with van der Waals surface area (Å²) in [7, 11) is 0. The van der Waals surface area contributed by atoms with E-state index in [4.69, 9.17) is 4.98 Å². The lowest BCUT2D eigenvalue weighted by Crippen LogP contribution is -2.61. The number of benzene rings is 1. The number of aromatic nitrogens is 5. The van der Waals surface area contributed by atoms with Crippen LogP contribution in [0.5, 0.6) is 0 Å². The molecule has 1 aromatic carbocycles. The summed E-state index contributed by atoms with van der Waals surface area (Å²) in [6.45, 7) is 8.66. The number of anilines is 3. The van der Waals surface area contributed by atoms with E-state index < -0.39 is 0 Å². The fraction of sp³-hybridized carbons (Fsp3) is 0.321. The normalized spacial score (nSPS) is 16.4. The van der Waals surface area contributed by atoms with E-state index in [0.717, 1.165) is 62.5 Å². The van der Waals surface area contributed by atoms with Gasteiger partial charge in [-0.1, -0.05) is 18.2 Å². The van der Waals surface area contributed by atoms with Gasteiger partial charge in [0, 0.05) is 75.5 Å². The van der Waals surface area contributed by atoms with E-state index in [-0.39, 0.29) is 0 Å². The van der Waals surface area contributed by atoms with Crippen LogP contribution in [0.1, 0.15) is 17.1 Å². The van der Waals surface area contributed by atoms with Gasteiger partial charge in [0.1, 0.15) is 23.2 Å². The zero-order valence-electron chi connectivity index (χ0n) is 21.0. The molecule has 188 valence electrons. The SMILES string of the molecule is Cc1cccc(-c2nccc(Nc3ccnc(Cc4ccc(N5CCN(C6CNC6)CC5)cc4)n3)n2)n1. The molecule has 0 unspecified atom stereocenters. The predicted octanol–water partition coefficient (Wildman–Crippen LogP) is 3.07. The van der Waals surface area contributed by atoms with Crippen molar-refractivity contribution in [1.29, 1.82) is 0 Å². The van der Waals surface area contributed by atoms with Crippen molar-refractivity contribution in [3.63, 3.8) is 0 Å². The van der Waals surface area contributed by atoms with E-state index in [9.17, 15) is 0 Å². The van der Waals surface area contributed by atoms with Gasteiger partial charge in [-0.05, 0) is 48.9 Å². The molecule has 4 aromatic rings. The Morgan fingerprint density at radius 2 is 1.59 bits per heavy atom. The van der Waals surface area contributed by atoms with E-state index in [1.165, 1.54) is 11.3 Å². The first-order chi connectivity index (χ1) is 18.2. The van der Waals surface area contributed by atoms with Crippen molar-refractivity contribution in [3.05, 3.63) is 84.1 Å². The minimum absolute atomic E-state index is 0.574. The summed E-state index contributed by atoms with van der Waals surface area (Å²) in [4.78, 5) is 27.8. The smallest absolute Gasteiger partial charge is 0.180 e. The molecular weight excluding hydrogens is 462 g/mol. The number of hydrogen-bond acceptors (Lipinski definition) is 9. The monoisotopic (exact) mass is 493 g/mol. The van der Waals surface area contributed by atoms with Gasteiger partial charge in [0.15, 0.2) is 5.82 Å². The predicted molar refractivity (Wildman–Crippen MR) is 145 cm³/mol. The Morgan fingerprint density at radius 1 is 0.838 bits per heavy atom. The number of nitrogens with zero attached hydrogens (tertiary/aromatic N) is 7. The molecule has 2 aliphatic rings. The molecule has 0 spiro atoms. The molecule has 0 aliphatic carbocycles. The summed E-state index contributed by atoms with van der Waals surface area (Å²) in [5.74, 6) is 2.69. The third kappa shape index (κ3) is 5.58. The first-order valence-electron chi connectivity index (χ1n) is 12.8. The van der Waals surface area contributed by atoms with Gasteiger partial charge in [0.2, 0.25) is 0 Å². The van der Waals surface area contributed by atoms with E-state index in [2.05, 4.69) is 64.6 Å². The van der Waals surface area contributed by atoms with Crippen molar-refractivity contribution in [2.24, 2.45) is 0 Å². The second kappa shape index (κ2) is 10.6. The Kier molecular flexibility index (Phi) is 6.70. The molecule has 9 nitrogen and oxygen atoms in total. The number of piperazine rings is 1. The number of hydrogen-bond donors (Lipinski definition) is 2. The first-order valence-corrected chi connectivity index (χ1v) is 12.8. The van der Waals surface area contributed by atoms with Gasteiger partial charge in [-0.3, -0.25) is 4.90 Å². The number of aryl methyl sites for hydroxylation is 1. The Hall–Kier alpha value is -3.95. The van der Waals surface area contributed by atoms with Gasteiger partial charge in [0.25, 0.3) is 0 Å². The summed E-state index contributed by atoms with van der Waals surface area (Å²) >= 11 is 0. The summed E-state index contributed by atoms with van der Waals surface area (Å²) in [6, 6.07) is 19.0. The van der Waals surface area contributed by atoms with Crippen molar-refractivity contribution < 1.29 is 0 Å². The molecule has 9 heteroatoms. The molecule has 0 radical (unpaired) electrons. The number of nitrogens with one attached hydrogen (secondary N) is 2. The average Bonchev–Trinajstić information content (AvgIpc) is 2.89. The molecule has 5 heterocycles. The second-order valence-electron chi connectivity index (χ2n) is 9.59. The molecule has 2 saturated heterocycles. The van der Waals surface area contributed by atoms with Crippen LogP contribution in [0.25, 0.3) is 11.5 Å². The largest absolute Gasteiger partial charge is 0.369 e. The average molecular weight is 494 g/mol. The quantitative estimate of drug-likeness (QED) is 0.403. The first kappa shape index (κ1) is 23.4. The van der Waals surface area contributed by atoms with E-state index in [1.807, 2.05) is 37.3 Å². The van der Waals surface area contributed by atoms with Gasteiger partial charge in [0.05, 0.1) is 0 Å². The van der Waals surface area contributed by atoms with Crippen molar-refractivity contribution >= 4 is 17.3 Å². The van der Waals surface area contributed by atoms with Crippen LogP contribution in [-0.4, -0.2) is 75.1 Å². The zero-order chi connectivity index (χ0) is 25.0. The highest BCUT2D eigenvalue weighted by Crippen LogP contribution is 2.21. The maximum atomic E-state index is 4.71. The van der Waals surface area contributed by atoms with Gasteiger partial charge >= 0.3 is 0 Å². The number of rotatable bonds is 7. The summed E-state index contributed by atoms with van der Waals surface area (Å²) < 4.78 is 0. The summed E-state index contributed by atoms with van der Waals surface area (Å²) in [5.41, 5.74) is 4.15. The fourth-order valence-electron chi connectivity index (χ4n) is 4.79. The van der Waals surface area contributed by atoms with E-state index in [1.54, 1.807) is 12.4 Å². The van der Waals surface area contributed by atoms with Gasteiger partial charge < -0.3 is 15.5 Å². The molecule has 6 rings (SSSR count). The van der Waals surface area contributed by atoms with Crippen LogP contribution in [0.3, 0.4) is 0 Å². The van der Waals surface area contributed by atoms with Crippen molar-refractivity contribution in [1.82, 2.24) is 35.1 Å². The lowest BCUT2D eigenvalue weighted by molar-refractivity contribution is 0.138. The minimum atomic E-state index is 0.574. The Bertz CT molecular complexity index is 1350.